The first-order chi connectivity index (χ1) is 11.5. The molecule has 1 amide bonds. The third-order valence-corrected chi connectivity index (χ3v) is 3.92. The van der Waals surface area contributed by atoms with Gasteiger partial charge in [-0.3, -0.25) is 4.79 Å². The zero-order valence-electron chi connectivity index (χ0n) is 14.8. The fourth-order valence-electron chi connectivity index (χ4n) is 2.36. The van der Waals surface area contributed by atoms with Gasteiger partial charge in [-0.05, 0) is 37.3 Å². The molecule has 132 valence electrons. The molecule has 2 N–H and O–H groups in total. The Morgan fingerprint density at radius 1 is 1.21 bits per heavy atom. The van der Waals surface area contributed by atoms with E-state index in [9.17, 15) is 4.79 Å². The van der Waals surface area contributed by atoms with Gasteiger partial charge in [-0.2, -0.15) is 0 Å². The van der Waals surface area contributed by atoms with Gasteiger partial charge in [0, 0.05) is 21.7 Å². The van der Waals surface area contributed by atoms with Crippen LogP contribution in [0.15, 0.2) is 12.1 Å². The summed E-state index contributed by atoms with van der Waals surface area (Å²) in [5, 5.41) is 14.0. The van der Waals surface area contributed by atoms with Gasteiger partial charge < -0.3 is 10.6 Å². The van der Waals surface area contributed by atoms with E-state index in [0.717, 1.165) is 24.1 Å². The molecule has 0 aliphatic heterocycles. The molecule has 1 atom stereocenters. The van der Waals surface area contributed by atoms with E-state index in [-0.39, 0.29) is 14.7 Å². The highest BCUT2D eigenvalue weighted by atomic mass is 16.1. The molecule has 2 heterocycles. The van der Waals surface area contributed by atoms with Crippen LogP contribution in [-0.2, 0) is 6.42 Å². The van der Waals surface area contributed by atoms with Crippen LogP contribution in [0.5, 0.6) is 0 Å². The van der Waals surface area contributed by atoms with Gasteiger partial charge in [0.2, 0.25) is 0 Å². The number of nitrogens with zero attached hydrogens (tertiary/aromatic N) is 4. The highest BCUT2D eigenvalue weighted by molar-refractivity contribution is 5.93. The lowest BCUT2D eigenvalue weighted by Crippen LogP contribution is -2.22. The minimum atomic E-state index is -0.226. The number of rotatable bonds is 6. The van der Waals surface area contributed by atoms with Gasteiger partial charge in [-0.15, -0.1) is 10.2 Å². The standard InChI is InChI=1S/C17H24N6O.2H2/c1-6-10(3)13-9-15(22-23-16(13)17(24)18-5)21-14-8-12(7-2)19-11(4)20-14;;/h8-10H,6-7H2,1-5H3,(H,18,24)(H,19,20,21,22);2*1H. The van der Waals surface area contributed by atoms with Crippen LogP contribution in [0, 0.1) is 6.92 Å². The van der Waals surface area contributed by atoms with Crippen molar-refractivity contribution in [3.05, 3.63) is 34.9 Å². The van der Waals surface area contributed by atoms with E-state index >= 15 is 0 Å². The van der Waals surface area contributed by atoms with E-state index < -0.39 is 0 Å². The lowest BCUT2D eigenvalue weighted by atomic mass is 9.97. The summed E-state index contributed by atoms with van der Waals surface area (Å²) in [7, 11) is 1.59. The van der Waals surface area contributed by atoms with Crippen LogP contribution in [0.1, 0.15) is 63.5 Å². The zero-order valence-corrected chi connectivity index (χ0v) is 14.8. The van der Waals surface area contributed by atoms with Crippen molar-refractivity contribution in [2.45, 2.75) is 46.5 Å². The van der Waals surface area contributed by atoms with Gasteiger partial charge in [0.05, 0.1) is 0 Å². The molecule has 1 unspecified atom stereocenters. The van der Waals surface area contributed by atoms with Crippen LogP contribution in [0.4, 0.5) is 11.6 Å². The Morgan fingerprint density at radius 3 is 2.58 bits per heavy atom. The van der Waals surface area contributed by atoms with Crippen LogP contribution in [0.25, 0.3) is 0 Å². The Kier molecular flexibility index (Phi) is 5.78. The number of nitrogens with one attached hydrogen (secondary N) is 2. The molecular weight excluding hydrogens is 304 g/mol. The Bertz CT molecular complexity index is 741. The van der Waals surface area contributed by atoms with Gasteiger partial charge in [0.25, 0.3) is 5.91 Å². The smallest absolute Gasteiger partial charge is 0.271 e. The average molecular weight is 332 g/mol. The predicted octanol–water partition coefficient (Wildman–Crippen LogP) is 3.25. The minimum Gasteiger partial charge on any atom is -0.354 e. The Labute approximate surface area is 145 Å². The van der Waals surface area contributed by atoms with Crippen molar-refractivity contribution in [2.24, 2.45) is 0 Å². The summed E-state index contributed by atoms with van der Waals surface area (Å²) in [5.41, 5.74) is 2.20. The van der Waals surface area contributed by atoms with Gasteiger partial charge in [-0.25, -0.2) is 9.97 Å². The third-order valence-electron chi connectivity index (χ3n) is 3.92. The van der Waals surface area contributed by atoms with Gasteiger partial charge >= 0.3 is 0 Å². The highest BCUT2D eigenvalue weighted by Crippen LogP contribution is 2.24. The number of hydrogen-bond acceptors (Lipinski definition) is 6. The van der Waals surface area contributed by atoms with Crippen molar-refractivity contribution in [1.82, 2.24) is 25.5 Å². The highest BCUT2D eigenvalue weighted by Gasteiger charge is 2.18. The second-order valence-corrected chi connectivity index (χ2v) is 5.69. The van der Waals surface area contributed by atoms with E-state index in [4.69, 9.17) is 0 Å². The molecule has 24 heavy (non-hydrogen) atoms. The molecule has 0 radical (unpaired) electrons. The summed E-state index contributed by atoms with van der Waals surface area (Å²) in [6, 6.07) is 3.76. The Morgan fingerprint density at radius 2 is 1.96 bits per heavy atom. The average Bonchev–Trinajstić information content (AvgIpc) is 2.59. The number of aromatic nitrogens is 4. The monoisotopic (exact) mass is 332 g/mol. The van der Waals surface area contributed by atoms with Crippen LogP contribution < -0.4 is 10.6 Å². The topological polar surface area (TPSA) is 92.7 Å². The molecule has 2 aromatic rings. The fraction of sp³-hybridized carbons (Fsp3) is 0.471. The lowest BCUT2D eigenvalue weighted by Gasteiger charge is -2.14. The summed E-state index contributed by atoms with van der Waals surface area (Å²) in [5.74, 6) is 1.92. The maximum atomic E-state index is 12.0. The maximum Gasteiger partial charge on any atom is 0.271 e. The van der Waals surface area contributed by atoms with E-state index in [1.54, 1.807) is 7.05 Å². The molecule has 7 nitrogen and oxygen atoms in total. The number of aryl methyl sites for hydroxylation is 2. The first kappa shape index (κ1) is 17.8. The summed E-state index contributed by atoms with van der Waals surface area (Å²) in [4.78, 5) is 20.7. The number of anilines is 2. The fourth-order valence-corrected chi connectivity index (χ4v) is 2.36. The van der Waals surface area contributed by atoms with Crippen LogP contribution >= 0.6 is 0 Å². The lowest BCUT2D eigenvalue weighted by molar-refractivity contribution is 0.0955. The first-order valence-electron chi connectivity index (χ1n) is 8.19. The SMILES string of the molecule is CCc1cc(Nc2cc(C(C)CC)c(C(=O)NC)nn2)nc(C)n1.[HH].[HH]. The minimum absolute atomic E-state index is 0. The van der Waals surface area contributed by atoms with Gasteiger partial charge in [0.1, 0.15) is 11.6 Å². The number of hydrogen-bond donors (Lipinski definition) is 2. The van der Waals surface area contributed by atoms with Crippen LogP contribution in [0.2, 0.25) is 0 Å². The molecular formula is C17H28N6O. The molecule has 0 saturated carbocycles. The molecule has 0 fully saturated rings. The molecule has 7 heteroatoms. The zero-order chi connectivity index (χ0) is 17.7. The molecule has 0 spiro atoms. The Balaban J connectivity index is 0.00000312. The number of amides is 1. The quantitative estimate of drug-likeness (QED) is 0.843. The summed E-state index contributed by atoms with van der Waals surface area (Å²) in [6.07, 6.45) is 1.74. The van der Waals surface area contributed by atoms with E-state index in [0.29, 0.717) is 23.2 Å². The predicted molar refractivity (Wildman–Crippen MR) is 97.8 cm³/mol. The van der Waals surface area contributed by atoms with Crippen molar-refractivity contribution in [3.8, 4) is 0 Å². The second-order valence-electron chi connectivity index (χ2n) is 5.69. The third kappa shape index (κ3) is 4.04. The van der Waals surface area contributed by atoms with E-state index in [2.05, 4.69) is 44.6 Å². The Hall–Kier alpha value is -2.57. The van der Waals surface area contributed by atoms with Crippen LogP contribution in [0.3, 0.4) is 0 Å². The summed E-state index contributed by atoms with van der Waals surface area (Å²) in [6.45, 7) is 8.05. The summed E-state index contributed by atoms with van der Waals surface area (Å²) >= 11 is 0. The van der Waals surface area contributed by atoms with Crippen molar-refractivity contribution in [3.63, 3.8) is 0 Å². The van der Waals surface area contributed by atoms with Gasteiger partial charge in [0.15, 0.2) is 11.5 Å². The van der Waals surface area contributed by atoms with Crippen LogP contribution in [-0.4, -0.2) is 33.1 Å². The van der Waals surface area contributed by atoms with E-state index in [1.807, 2.05) is 26.0 Å². The second kappa shape index (κ2) is 7.81. The van der Waals surface area contributed by atoms with Gasteiger partial charge in [-0.1, -0.05) is 20.8 Å². The molecule has 0 bridgehead atoms. The largest absolute Gasteiger partial charge is 0.354 e. The molecule has 0 saturated heterocycles. The maximum absolute atomic E-state index is 12.0. The molecule has 0 aromatic carbocycles. The normalized spacial score (nSPS) is 11.9. The molecule has 2 aromatic heterocycles. The van der Waals surface area contributed by atoms with Crippen molar-refractivity contribution in [1.29, 1.82) is 0 Å². The van der Waals surface area contributed by atoms with Crippen molar-refractivity contribution >= 4 is 17.5 Å². The molecule has 0 aliphatic rings. The first-order valence-corrected chi connectivity index (χ1v) is 8.19. The summed E-state index contributed by atoms with van der Waals surface area (Å²) < 4.78 is 0. The van der Waals surface area contributed by atoms with Crippen molar-refractivity contribution in [2.75, 3.05) is 12.4 Å². The number of carbonyl (C=O) groups is 1. The van der Waals surface area contributed by atoms with E-state index in [1.165, 1.54) is 0 Å². The number of carbonyl (C=O) groups excluding carboxylic acids is 1. The van der Waals surface area contributed by atoms with Crippen molar-refractivity contribution < 1.29 is 7.65 Å². The molecule has 2 rings (SSSR count). The molecule has 0 aliphatic carbocycles.